The molecule has 0 radical (unpaired) electrons. The standard InChI is InChI=1S/C17H21ClN2O/c1-20(13-14-5-3-4-6-17(14)21-2)12-11-19-16-9-7-15(18)8-10-16/h3-10,19H,11-13H2,1-2H3. The van der Waals surface area contributed by atoms with E-state index < -0.39 is 0 Å². The van der Waals surface area contributed by atoms with Crippen molar-refractivity contribution in [3.63, 3.8) is 0 Å². The average Bonchev–Trinajstić information content (AvgIpc) is 2.50. The molecule has 0 amide bonds. The number of hydrogen-bond donors (Lipinski definition) is 1. The van der Waals surface area contributed by atoms with E-state index in [9.17, 15) is 0 Å². The molecule has 0 atom stereocenters. The highest BCUT2D eigenvalue weighted by atomic mass is 35.5. The molecule has 0 heterocycles. The maximum atomic E-state index is 5.87. The Bertz CT molecular complexity index is 557. The maximum absolute atomic E-state index is 5.87. The van der Waals surface area contributed by atoms with Gasteiger partial charge in [0.1, 0.15) is 5.75 Å². The Hall–Kier alpha value is -1.71. The van der Waals surface area contributed by atoms with Crippen LogP contribution in [0.15, 0.2) is 48.5 Å². The number of rotatable bonds is 7. The molecule has 2 aromatic carbocycles. The summed E-state index contributed by atoms with van der Waals surface area (Å²) in [5.74, 6) is 0.940. The first-order chi connectivity index (χ1) is 10.2. The van der Waals surface area contributed by atoms with Crippen LogP contribution >= 0.6 is 11.6 Å². The topological polar surface area (TPSA) is 24.5 Å². The zero-order valence-corrected chi connectivity index (χ0v) is 13.2. The highest BCUT2D eigenvalue weighted by molar-refractivity contribution is 6.30. The van der Waals surface area contributed by atoms with Gasteiger partial charge >= 0.3 is 0 Å². The first kappa shape index (κ1) is 15.7. The van der Waals surface area contributed by atoms with Crippen LogP contribution in [0.5, 0.6) is 5.75 Å². The van der Waals surface area contributed by atoms with E-state index in [1.165, 1.54) is 5.56 Å². The van der Waals surface area contributed by atoms with Crippen LogP contribution in [0, 0.1) is 0 Å². The summed E-state index contributed by atoms with van der Waals surface area (Å²) in [5.41, 5.74) is 2.29. The number of para-hydroxylation sites is 1. The highest BCUT2D eigenvalue weighted by Gasteiger charge is 2.05. The third-order valence-corrected chi connectivity index (χ3v) is 3.55. The molecule has 0 aliphatic carbocycles. The van der Waals surface area contributed by atoms with Gasteiger partial charge in [0.05, 0.1) is 7.11 Å². The van der Waals surface area contributed by atoms with E-state index in [4.69, 9.17) is 16.3 Å². The molecule has 0 spiro atoms. The number of nitrogens with zero attached hydrogens (tertiary/aromatic N) is 1. The number of hydrogen-bond acceptors (Lipinski definition) is 3. The van der Waals surface area contributed by atoms with Crippen LogP contribution in [-0.2, 0) is 6.54 Å². The fraction of sp³-hybridized carbons (Fsp3) is 0.294. The van der Waals surface area contributed by atoms with Crippen molar-refractivity contribution in [2.45, 2.75) is 6.54 Å². The van der Waals surface area contributed by atoms with Crippen LogP contribution in [-0.4, -0.2) is 32.1 Å². The SMILES string of the molecule is COc1ccccc1CN(C)CCNc1ccc(Cl)cc1. The molecule has 0 saturated heterocycles. The number of anilines is 1. The summed E-state index contributed by atoms with van der Waals surface area (Å²) in [6.45, 7) is 2.69. The molecule has 0 aromatic heterocycles. The van der Waals surface area contributed by atoms with Crippen molar-refractivity contribution in [2.24, 2.45) is 0 Å². The molecule has 0 unspecified atom stereocenters. The number of likely N-dealkylation sites (N-methyl/N-ethyl adjacent to an activating group) is 1. The summed E-state index contributed by atoms with van der Waals surface area (Å²) >= 11 is 5.87. The van der Waals surface area contributed by atoms with Crippen molar-refractivity contribution < 1.29 is 4.74 Å². The lowest BCUT2D eigenvalue weighted by Crippen LogP contribution is -2.25. The molecular weight excluding hydrogens is 284 g/mol. The summed E-state index contributed by atoms with van der Waals surface area (Å²) in [5, 5.41) is 4.14. The van der Waals surface area contributed by atoms with Crippen molar-refractivity contribution in [3.05, 3.63) is 59.1 Å². The summed E-state index contributed by atoms with van der Waals surface area (Å²) < 4.78 is 5.38. The number of halogens is 1. The third kappa shape index (κ3) is 4.96. The van der Waals surface area contributed by atoms with Crippen LogP contribution in [0.1, 0.15) is 5.56 Å². The van der Waals surface area contributed by atoms with E-state index in [1.807, 2.05) is 42.5 Å². The molecule has 2 aromatic rings. The van der Waals surface area contributed by atoms with Crippen molar-refractivity contribution in [3.8, 4) is 5.75 Å². The van der Waals surface area contributed by atoms with E-state index in [1.54, 1.807) is 7.11 Å². The molecule has 0 aliphatic heterocycles. The van der Waals surface area contributed by atoms with E-state index in [0.29, 0.717) is 0 Å². The molecule has 0 aliphatic rings. The van der Waals surface area contributed by atoms with Crippen LogP contribution < -0.4 is 10.1 Å². The summed E-state index contributed by atoms with van der Waals surface area (Å²) in [6.07, 6.45) is 0. The first-order valence-corrected chi connectivity index (χ1v) is 7.36. The van der Waals surface area contributed by atoms with Gasteiger partial charge < -0.3 is 15.0 Å². The predicted molar refractivity (Wildman–Crippen MR) is 89.3 cm³/mol. The van der Waals surface area contributed by atoms with Crippen LogP contribution in [0.3, 0.4) is 0 Å². The van der Waals surface area contributed by atoms with Crippen molar-refractivity contribution in [1.82, 2.24) is 4.90 Å². The number of benzene rings is 2. The molecule has 0 saturated carbocycles. The number of ether oxygens (including phenoxy) is 1. The van der Waals surface area contributed by atoms with Gasteiger partial charge in [-0.05, 0) is 37.4 Å². The van der Waals surface area contributed by atoms with Gasteiger partial charge in [-0.2, -0.15) is 0 Å². The average molecular weight is 305 g/mol. The quantitative estimate of drug-likeness (QED) is 0.840. The van der Waals surface area contributed by atoms with Gasteiger partial charge in [0.2, 0.25) is 0 Å². The smallest absolute Gasteiger partial charge is 0.123 e. The van der Waals surface area contributed by atoms with Gasteiger partial charge in [-0.1, -0.05) is 29.8 Å². The Balaban J connectivity index is 1.79. The number of nitrogens with one attached hydrogen (secondary N) is 1. The zero-order valence-electron chi connectivity index (χ0n) is 12.5. The first-order valence-electron chi connectivity index (χ1n) is 6.99. The minimum Gasteiger partial charge on any atom is -0.496 e. The minimum absolute atomic E-state index is 0.758. The van der Waals surface area contributed by atoms with Crippen molar-refractivity contribution in [2.75, 3.05) is 32.6 Å². The van der Waals surface area contributed by atoms with Gasteiger partial charge in [0.25, 0.3) is 0 Å². The second-order valence-corrected chi connectivity index (χ2v) is 5.42. The Morgan fingerprint density at radius 3 is 2.52 bits per heavy atom. The fourth-order valence-corrected chi connectivity index (χ4v) is 2.29. The van der Waals surface area contributed by atoms with Gasteiger partial charge in [-0.15, -0.1) is 0 Å². The lowest BCUT2D eigenvalue weighted by molar-refractivity contribution is 0.328. The van der Waals surface area contributed by atoms with E-state index in [0.717, 1.165) is 36.1 Å². The Kier molecular flexibility index (Phi) is 5.90. The van der Waals surface area contributed by atoms with Gasteiger partial charge in [0, 0.05) is 35.9 Å². The molecule has 4 heteroatoms. The summed E-state index contributed by atoms with van der Waals surface area (Å²) in [4.78, 5) is 2.26. The van der Waals surface area contributed by atoms with Crippen LogP contribution in [0.4, 0.5) is 5.69 Å². The van der Waals surface area contributed by atoms with Crippen LogP contribution in [0.25, 0.3) is 0 Å². The molecule has 3 nitrogen and oxygen atoms in total. The van der Waals surface area contributed by atoms with Gasteiger partial charge in [-0.25, -0.2) is 0 Å². The van der Waals surface area contributed by atoms with E-state index in [-0.39, 0.29) is 0 Å². The Morgan fingerprint density at radius 1 is 1.10 bits per heavy atom. The zero-order chi connectivity index (χ0) is 15.1. The normalized spacial score (nSPS) is 10.7. The predicted octanol–water partition coefficient (Wildman–Crippen LogP) is 3.89. The molecule has 2 rings (SSSR count). The minimum atomic E-state index is 0.758. The van der Waals surface area contributed by atoms with E-state index >= 15 is 0 Å². The third-order valence-electron chi connectivity index (χ3n) is 3.30. The lowest BCUT2D eigenvalue weighted by atomic mass is 10.2. The summed E-state index contributed by atoms with van der Waals surface area (Å²) in [6, 6.07) is 15.9. The van der Waals surface area contributed by atoms with E-state index in [2.05, 4.69) is 23.3 Å². The monoisotopic (exact) mass is 304 g/mol. The molecular formula is C17H21ClN2O. The molecule has 0 fully saturated rings. The molecule has 1 N–H and O–H groups in total. The van der Waals surface area contributed by atoms with Crippen LogP contribution in [0.2, 0.25) is 5.02 Å². The van der Waals surface area contributed by atoms with Crippen molar-refractivity contribution >= 4 is 17.3 Å². The Labute approximate surface area is 131 Å². The van der Waals surface area contributed by atoms with Gasteiger partial charge in [0.15, 0.2) is 0 Å². The van der Waals surface area contributed by atoms with Crippen molar-refractivity contribution in [1.29, 1.82) is 0 Å². The largest absolute Gasteiger partial charge is 0.496 e. The molecule has 21 heavy (non-hydrogen) atoms. The second-order valence-electron chi connectivity index (χ2n) is 4.98. The van der Waals surface area contributed by atoms with Gasteiger partial charge in [-0.3, -0.25) is 0 Å². The molecule has 112 valence electrons. The summed E-state index contributed by atoms with van der Waals surface area (Å²) in [7, 11) is 3.82. The fourth-order valence-electron chi connectivity index (χ4n) is 2.16. The highest BCUT2D eigenvalue weighted by Crippen LogP contribution is 2.18. The second kappa shape index (κ2) is 7.91. The maximum Gasteiger partial charge on any atom is 0.123 e. The molecule has 0 bridgehead atoms. The lowest BCUT2D eigenvalue weighted by Gasteiger charge is -2.19. The number of methoxy groups -OCH3 is 1. The Morgan fingerprint density at radius 2 is 1.81 bits per heavy atom.